The van der Waals surface area contributed by atoms with E-state index >= 15 is 0 Å². The van der Waals surface area contributed by atoms with E-state index in [4.69, 9.17) is 11.6 Å². The lowest BCUT2D eigenvalue weighted by molar-refractivity contribution is 0.594. The fourth-order valence-corrected chi connectivity index (χ4v) is 1.33. The molecule has 78 valence electrons. The summed E-state index contributed by atoms with van der Waals surface area (Å²) in [5, 5.41) is 0. The number of aromatic nitrogens is 2. The predicted octanol–water partition coefficient (Wildman–Crippen LogP) is 0.566. The number of hydrogen-bond donors (Lipinski definition) is 0. The number of halogens is 1. The summed E-state index contributed by atoms with van der Waals surface area (Å²) in [6, 6.07) is 0. The van der Waals surface area contributed by atoms with Gasteiger partial charge in [-0.15, -0.1) is 11.6 Å². The topological polar surface area (TPSA) is 44.0 Å². The monoisotopic (exact) mass is 216 g/mol. The van der Waals surface area contributed by atoms with Gasteiger partial charge >= 0.3 is 11.1 Å². The molecule has 0 aliphatic rings. The Hall–Kier alpha value is -1.03. The molecule has 1 aromatic heterocycles. The van der Waals surface area contributed by atoms with Crippen LogP contribution in [-0.4, -0.2) is 15.0 Å². The molecule has 5 heteroatoms. The second kappa shape index (κ2) is 5.00. The molecule has 0 aromatic carbocycles. The molecule has 1 rings (SSSR count). The maximum absolute atomic E-state index is 11.4. The Balaban J connectivity index is 2.84. The number of rotatable bonds is 4. The standard InChI is InChI=1S/C9H13ClN2O2/c1-11-6-7-12(5-3-2-4-10)9(14)8(11)13/h6-7H,2-5H2,1H3. The normalized spacial score (nSPS) is 10.4. The molecular weight excluding hydrogens is 204 g/mol. The molecule has 14 heavy (non-hydrogen) atoms. The zero-order chi connectivity index (χ0) is 10.6. The van der Waals surface area contributed by atoms with E-state index in [9.17, 15) is 9.59 Å². The average molecular weight is 217 g/mol. The Bertz CT molecular complexity index is 408. The third-order valence-electron chi connectivity index (χ3n) is 2.02. The number of hydrogen-bond acceptors (Lipinski definition) is 2. The minimum atomic E-state index is -0.488. The van der Waals surface area contributed by atoms with Gasteiger partial charge in [0.15, 0.2) is 0 Å². The first-order valence-electron chi connectivity index (χ1n) is 4.49. The first-order valence-corrected chi connectivity index (χ1v) is 5.02. The van der Waals surface area contributed by atoms with E-state index < -0.39 is 11.1 Å². The van der Waals surface area contributed by atoms with Crippen LogP contribution in [-0.2, 0) is 13.6 Å². The molecule has 0 spiro atoms. The first kappa shape index (κ1) is 11.0. The van der Waals surface area contributed by atoms with Crippen molar-refractivity contribution in [3.05, 3.63) is 33.1 Å². The number of nitrogens with zero attached hydrogens (tertiary/aromatic N) is 2. The van der Waals surface area contributed by atoms with Crippen LogP contribution in [0.3, 0.4) is 0 Å². The summed E-state index contributed by atoms with van der Waals surface area (Å²) in [6.45, 7) is 0.557. The summed E-state index contributed by atoms with van der Waals surface area (Å²) in [5.41, 5.74) is -0.956. The number of aryl methyl sites for hydroxylation is 2. The van der Waals surface area contributed by atoms with E-state index in [0.29, 0.717) is 12.4 Å². The number of unbranched alkanes of at least 4 members (excludes halogenated alkanes) is 1. The minimum Gasteiger partial charge on any atom is -0.312 e. The van der Waals surface area contributed by atoms with Crippen LogP contribution in [0.15, 0.2) is 22.0 Å². The lowest BCUT2D eigenvalue weighted by atomic mass is 10.3. The van der Waals surface area contributed by atoms with E-state index in [0.717, 1.165) is 12.8 Å². The van der Waals surface area contributed by atoms with Gasteiger partial charge in [0.05, 0.1) is 0 Å². The average Bonchev–Trinajstić information content (AvgIpc) is 2.18. The molecule has 0 radical (unpaired) electrons. The zero-order valence-corrected chi connectivity index (χ0v) is 8.83. The third kappa shape index (κ3) is 2.48. The van der Waals surface area contributed by atoms with E-state index in [-0.39, 0.29) is 0 Å². The minimum absolute atomic E-state index is 0.468. The van der Waals surface area contributed by atoms with E-state index in [1.165, 1.54) is 9.13 Å². The second-order valence-electron chi connectivity index (χ2n) is 3.11. The van der Waals surface area contributed by atoms with Crippen molar-refractivity contribution in [2.75, 3.05) is 5.88 Å². The van der Waals surface area contributed by atoms with Crippen molar-refractivity contribution in [1.82, 2.24) is 9.13 Å². The molecule has 0 fully saturated rings. The van der Waals surface area contributed by atoms with Crippen LogP contribution in [0.4, 0.5) is 0 Å². The molecule has 0 aliphatic heterocycles. The van der Waals surface area contributed by atoms with Crippen LogP contribution in [0.2, 0.25) is 0 Å². The molecule has 0 amide bonds. The molecule has 0 N–H and O–H groups in total. The van der Waals surface area contributed by atoms with E-state index in [1.807, 2.05) is 0 Å². The highest BCUT2D eigenvalue weighted by atomic mass is 35.5. The highest BCUT2D eigenvalue weighted by Crippen LogP contribution is 1.93. The molecule has 4 nitrogen and oxygen atoms in total. The van der Waals surface area contributed by atoms with Gasteiger partial charge in [-0.05, 0) is 12.8 Å². The lowest BCUT2D eigenvalue weighted by Crippen LogP contribution is -2.39. The molecule has 1 aromatic rings. The van der Waals surface area contributed by atoms with Crippen LogP contribution < -0.4 is 11.1 Å². The van der Waals surface area contributed by atoms with Crippen molar-refractivity contribution in [1.29, 1.82) is 0 Å². The van der Waals surface area contributed by atoms with E-state index in [1.54, 1.807) is 19.4 Å². The highest BCUT2D eigenvalue weighted by molar-refractivity contribution is 6.17. The molecule has 0 saturated carbocycles. The molecule has 0 atom stereocenters. The largest absolute Gasteiger partial charge is 0.316 e. The fourth-order valence-electron chi connectivity index (χ4n) is 1.14. The van der Waals surface area contributed by atoms with Crippen LogP contribution in [0.5, 0.6) is 0 Å². The van der Waals surface area contributed by atoms with Gasteiger partial charge in [-0.3, -0.25) is 9.59 Å². The van der Waals surface area contributed by atoms with Gasteiger partial charge in [-0.2, -0.15) is 0 Å². The fraction of sp³-hybridized carbons (Fsp3) is 0.556. The Morgan fingerprint density at radius 1 is 1.21 bits per heavy atom. The quantitative estimate of drug-likeness (QED) is 0.420. The highest BCUT2D eigenvalue weighted by Gasteiger charge is 2.00. The Morgan fingerprint density at radius 3 is 2.57 bits per heavy atom. The molecule has 1 heterocycles. The molecule has 0 unspecified atom stereocenters. The second-order valence-corrected chi connectivity index (χ2v) is 3.49. The maximum atomic E-state index is 11.4. The van der Waals surface area contributed by atoms with Crippen molar-refractivity contribution >= 4 is 11.6 Å². The first-order chi connectivity index (χ1) is 6.66. The van der Waals surface area contributed by atoms with Crippen LogP contribution in [0, 0.1) is 0 Å². The van der Waals surface area contributed by atoms with Gasteiger partial charge in [0.25, 0.3) is 0 Å². The lowest BCUT2D eigenvalue weighted by Gasteiger charge is -2.04. The maximum Gasteiger partial charge on any atom is 0.316 e. The van der Waals surface area contributed by atoms with Gasteiger partial charge in [0.1, 0.15) is 0 Å². The Morgan fingerprint density at radius 2 is 1.93 bits per heavy atom. The number of alkyl halides is 1. The third-order valence-corrected chi connectivity index (χ3v) is 2.28. The summed E-state index contributed by atoms with van der Waals surface area (Å²) < 4.78 is 2.70. The van der Waals surface area contributed by atoms with Crippen molar-refractivity contribution in [2.45, 2.75) is 19.4 Å². The molecular formula is C9H13ClN2O2. The summed E-state index contributed by atoms with van der Waals surface area (Å²) in [5.74, 6) is 0.583. The van der Waals surface area contributed by atoms with Crippen molar-refractivity contribution in [2.24, 2.45) is 7.05 Å². The van der Waals surface area contributed by atoms with Crippen LogP contribution >= 0.6 is 11.6 Å². The van der Waals surface area contributed by atoms with Gasteiger partial charge in [0.2, 0.25) is 0 Å². The summed E-state index contributed by atoms with van der Waals surface area (Å²) in [7, 11) is 1.56. The van der Waals surface area contributed by atoms with Crippen LogP contribution in [0.1, 0.15) is 12.8 Å². The van der Waals surface area contributed by atoms with Gasteiger partial charge in [-0.1, -0.05) is 0 Å². The van der Waals surface area contributed by atoms with Gasteiger partial charge in [-0.25, -0.2) is 0 Å². The Labute approximate surface area is 86.7 Å². The zero-order valence-electron chi connectivity index (χ0n) is 8.07. The van der Waals surface area contributed by atoms with Gasteiger partial charge < -0.3 is 9.13 Å². The van der Waals surface area contributed by atoms with Crippen molar-refractivity contribution < 1.29 is 0 Å². The summed E-state index contributed by atoms with van der Waals surface area (Å²) >= 11 is 5.51. The van der Waals surface area contributed by atoms with Gasteiger partial charge in [0, 0.05) is 31.9 Å². The molecule has 0 bridgehead atoms. The summed E-state index contributed by atoms with van der Waals surface area (Å²) in [4.78, 5) is 22.6. The van der Waals surface area contributed by atoms with Crippen LogP contribution in [0.25, 0.3) is 0 Å². The SMILES string of the molecule is Cn1ccn(CCCCCl)c(=O)c1=O. The van der Waals surface area contributed by atoms with E-state index in [2.05, 4.69) is 0 Å². The van der Waals surface area contributed by atoms with Crippen molar-refractivity contribution in [3.8, 4) is 0 Å². The smallest absolute Gasteiger partial charge is 0.312 e. The molecule has 0 saturated heterocycles. The predicted molar refractivity (Wildman–Crippen MR) is 55.9 cm³/mol. The Kier molecular flexibility index (Phi) is 3.95. The molecule has 0 aliphatic carbocycles. The summed E-state index contributed by atoms with van der Waals surface area (Å²) in [6.07, 6.45) is 4.88. The van der Waals surface area contributed by atoms with Crippen molar-refractivity contribution in [3.63, 3.8) is 0 Å².